The van der Waals surface area contributed by atoms with Crippen LogP contribution in [0.2, 0.25) is 0 Å². The van der Waals surface area contributed by atoms with Gasteiger partial charge in [-0.2, -0.15) is 5.10 Å². The lowest BCUT2D eigenvalue weighted by atomic mass is 10.1. The number of carbonyl (C=O) groups is 2. The third-order valence-corrected chi connectivity index (χ3v) is 2.81. The molecule has 0 saturated carbocycles. The molecule has 19 heavy (non-hydrogen) atoms. The van der Waals surface area contributed by atoms with E-state index in [4.69, 9.17) is 0 Å². The van der Waals surface area contributed by atoms with E-state index in [0.29, 0.717) is 16.8 Å². The quantitative estimate of drug-likeness (QED) is 0.785. The van der Waals surface area contributed by atoms with Crippen molar-refractivity contribution in [3.05, 3.63) is 46.8 Å². The van der Waals surface area contributed by atoms with Gasteiger partial charge in [0.25, 0.3) is 5.91 Å². The van der Waals surface area contributed by atoms with Crippen LogP contribution in [0.5, 0.6) is 0 Å². The summed E-state index contributed by atoms with van der Waals surface area (Å²) in [6, 6.07) is 4.94. The molecular weight excluding hydrogens is 246 g/mol. The van der Waals surface area contributed by atoms with Crippen LogP contribution >= 0.6 is 0 Å². The van der Waals surface area contributed by atoms with Gasteiger partial charge in [-0.15, -0.1) is 0 Å². The van der Waals surface area contributed by atoms with Gasteiger partial charge in [0, 0.05) is 5.69 Å². The Morgan fingerprint density at radius 3 is 2.63 bits per heavy atom. The number of carboxylic acid groups (broad SMARTS) is 1. The van der Waals surface area contributed by atoms with Crippen molar-refractivity contribution in [2.45, 2.75) is 13.8 Å². The van der Waals surface area contributed by atoms with Gasteiger partial charge in [0.15, 0.2) is 0 Å². The highest BCUT2D eigenvalue weighted by atomic mass is 16.4. The summed E-state index contributed by atoms with van der Waals surface area (Å²) in [5, 5.41) is 18.2. The minimum Gasteiger partial charge on any atom is -0.478 e. The number of benzene rings is 1. The van der Waals surface area contributed by atoms with Gasteiger partial charge < -0.3 is 10.4 Å². The number of aromatic nitrogens is 2. The maximum Gasteiger partial charge on any atom is 0.338 e. The van der Waals surface area contributed by atoms with Crippen LogP contribution in [0.15, 0.2) is 24.4 Å². The molecule has 0 radical (unpaired) electrons. The van der Waals surface area contributed by atoms with E-state index < -0.39 is 5.97 Å². The highest BCUT2D eigenvalue weighted by Gasteiger charge is 2.17. The van der Waals surface area contributed by atoms with E-state index in [9.17, 15) is 14.7 Å². The summed E-state index contributed by atoms with van der Waals surface area (Å²) in [7, 11) is 0. The van der Waals surface area contributed by atoms with Gasteiger partial charge >= 0.3 is 5.97 Å². The van der Waals surface area contributed by atoms with Gasteiger partial charge in [0.2, 0.25) is 0 Å². The van der Waals surface area contributed by atoms with Crippen molar-refractivity contribution in [1.82, 2.24) is 10.2 Å². The number of nitrogens with one attached hydrogen (secondary N) is 2. The first kappa shape index (κ1) is 12.8. The normalized spacial score (nSPS) is 10.2. The van der Waals surface area contributed by atoms with Gasteiger partial charge in [-0.3, -0.25) is 9.89 Å². The van der Waals surface area contributed by atoms with Gasteiger partial charge in [-0.05, 0) is 25.5 Å². The van der Waals surface area contributed by atoms with Crippen LogP contribution < -0.4 is 5.32 Å². The number of anilines is 1. The smallest absolute Gasteiger partial charge is 0.338 e. The molecule has 1 aromatic carbocycles. The fourth-order valence-electron chi connectivity index (χ4n) is 1.83. The molecule has 0 atom stereocenters. The molecule has 0 aliphatic heterocycles. The van der Waals surface area contributed by atoms with Crippen molar-refractivity contribution in [2.24, 2.45) is 0 Å². The predicted octanol–water partition coefficient (Wildman–Crippen LogP) is 1.98. The Bertz CT molecular complexity index is 646. The van der Waals surface area contributed by atoms with Crippen LogP contribution in [-0.2, 0) is 0 Å². The third-order valence-electron chi connectivity index (χ3n) is 2.81. The number of amides is 1. The Morgan fingerprint density at radius 1 is 1.32 bits per heavy atom. The minimum atomic E-state index is -1.07. The van der Waals surface area contributed by atoms with E-state index in [0.717, 1.165) is 0 Å². The minimum absolute atomic E-state index is 0.0944. The summed E-state index contributed by atoms with van der Waals surface area (Å²) in [5.74, 6) is -1.46. The van der Waals surface area contributed by atoms with E-state index in [-0.39, 0.29) is 17.2 Å². The molecule has 1 amide bonds. The molecule has 2 aromatic rings. The van der Waals surface area contributed by atoms with Crippen molar-refractivity contribution in [1.29, 1.82) is 0 Å². The van der Waals surface area contributed by atoms with Crippen molar-refractivity contribution in [3.63, 3.8) is 0 Å². The monoisotopic (exact) mass is 259 g/mol. The lowest BCUT2D eigenvalue weighted by Crippen LogP contribution is -2.15. The number of rotatable bonds is 3. The average Bonchev–Trinajstić information content (AvgIpc) is 2.75. The van der Waals surface area contributed by atoms with Gasteiger partial charge in [0.05, 0.1) is 23.0 Å². The number of aromatic carboxylic acids is 1. The summed E-state index contributed by atoms with van der Waals surface area (Å²) in [5.41, 5.74) is 1.98. The molecule has 0 aliphatic rings. The maximum atomic E-state index is 12.0. The molecule has 0 aliphatic carbocycles. The average molecular weight is 259 g/mol. The van der Waals surface area contributed by atoms with Crippen LogP contribution in [0.1, 0.15) is 32.0 Å². The second kappa shape index (κ2) is 4.93. The fourth-order valence-corrected chi connectivity index (χ4v) is 1.83. The molecule has 98 valence electrons. The lowest BCUT2D eigenvalue weighted by Gasteiger charge is -2.10. The number of nitrogens with zero attached hydrogens (tertiary/aromatic N) is 1. The number of aryl methyl sites for hydroxylation is 2. The standard InChI is InChI=1S/C13H13N3O3/c1-7-4-3-5-10(11(7)13(18)19)15-12(17)9-6-14-16-8(9)2/h3-6H,1-2H3,(H,14,16)(H,15,17)(H,18,19). The highest BCUT2D eigenvalue weighted by Crippen LogP contribution is 2.20. The number of hydrogen-bond donors (Lipinski definition) is 3. The number of aromatic amines is 1. The van der Waals surface area contributed by atoms with Crippen molar-refractivity contribution in [3.8, 4) is 0 Å². The highest BCUT2D eigenvalue weighted by molar-refractivity contribution is 6.08. The van der Waals surface area contributed by atoms with Crippen molar-refractivity contribution < 1.29 is 14.7 Å². The zero-order valence-electron chi connectivity index (χ0n) is 10.5. The summed E-state index contributed by atoms with van der Waals surface area (Å²) >= 11 is 0. The summed E-state index contributed by atoms with van der Waals surface area (Å²) < 4.78 is 0. The molecule has 2 rings (SSSR count). The first-order valence-corrected chi connectivity index (χ1v) is 5.65. The van der Waals surface area contributed by atoms with Gasteiger partial charge in [-0.25, -0.2) is 4.79 Å². The largest absolute Gasteiger partial charge is 0.478 e. The molecule has 6 nitrogen and oxygen atoms in total. The predicted molar refractivity (Wildman–Crippen MR) is 69.4 cm³/mol. The zero-order valence-corrected chi connectivity index (χ0v) is 10.5. The molecular formula is C13H13N3O3. The Labute approximate surface area is 109 Å². The van der Waals surface area contributed by atoms with Crippen LogP contribution in [0.25, 0.3) is 0 Å². The van der Waals surface area contributed by atoms with Crippen LogP contribution in [-0.4, -0.2) is 27.2 Å². The Kier molecular flexibility index (Phi) is 3.33. The zero-order chi connectivity index (χ0) is 14.0. The topological polar surface area (TPSA) is 95.1 Å². The maximum absolute atomic E-state index is 12.0. The molecule has 0 bridgehead atoms. The van der Waals surface area contributed by atoms with Gasteiger partial charge in [0.1, 0.15) is 0 Å². The Morgan fingerprint density at radius 2 is 2.05 bits per heavy atom. The first-order chi connectivity index (χ1) is 9.00. The lowest BCUT2D eigenvalue weighted by molar-refractivity contribution is 0.0697. The van der Waals surface area contributed by atoms with E-state index in [1.165, 1.54) is 6.20 Å². The van der Waals surface area contributed by atoms with Gasteiger partial charge in [-0.1, -0.05) is 12.1 Å². The molecule has 0 unspecified atom stereocenters. The third kappa shape index (κ3) is 2.47. The molecule has 3 N–H and O–H groups in total. The molecule has 0 saturated heterocycles. The summed E-state index contributed by atoms with van der Waals surface area (Å²) in [6.45, 7) is 3.40. The van der Waals surface area contributed by atoms with Crippen LogP contribution in [0.4, 0.5) is 5.69 Å². The van der Waals surface area contributed by atoms with Crippen molar-refractivity contribution in [2.75, 3.05) is 5.32 Å². The number of H-pyrrole nitrogens is 1. The summed E-state index contributed by atoms with van der Waals surface area (Å²) in [6.07, 6.45) is 1.40. The number of carbonyl (C=O) groups excluding carboxylic acids is 1. The van der Waals surface area contributed by atoms with E-state index in [1.807, 2.05) is 0 Å². The molecule has 6 heteroatoms. The second-order valence-corrected chi connectivity index (χ2v) is 4.17. The molecule has 0 spiro atoms. The summed E-state index contributed by atoms with van der Waals surface area (Å²) in [4.78, 5) is 23.2. The Hall–Kier alpha value is -2.63. The van der Waals surface area contributed by atoms with E-state index in [2.05, 4.69) is 15.5 Å². The van der Waals surface area contributed by atoms with Crippen LogP contribution in [0.3, 0.4) is 0 Å². The first-order valence-electron chi connectivity index (χ1n) is 5.65. The molecule has 1 heterocycles. The number of hydrogen-bond acceptors (Lipinski definition) is 3. The fraction of sp³-hybridized carbons (Fsp3) is 0.154. The van der Waals surface area contributed by atoms with E-state index >= 15 is 0 Å². The van der Waals surface area contributed by atoms with Crippen LogP contribution in [0, 0.1) is 13.8 Å². The second-order valence-electron chi connectivity index (χ2n) is 4.17. The SMILES string of the molecule is Cc1cccc(NC(=O)c2cn[nH]c2C)c1C(=O)O. The van der Waals surface area contributed by atoms with E-state index in [1.54, 1.807) is 32.0 Å². The van der Waals surface area contributed by atoms with Crippen molar-refractivity contribution >= 4 is 17.6 Å². The molecule has 0 fully saturated rings. The Balaban J connectivity index is 2.35. The number of carboxylic acids is 1. The molecule has 1 aromatic heterocycles.